The van der Waals surface area contributed by atoms with E-state index >= 15 is 0 Å². The molecule has 1 aliphatic carbocycles. The number of nitrogens with zero attached hydrogens (tertiary/aromatic N) is 1. The Kier molecular flexibility index (Phi) is 5.45. The number of hydrogen-bond acceptors (Lipinski definition) is 4. The number of hydrogen-bond donors (Lipinski definition) is 2. The van der Waals surface area contributed by atoms with Gasteiger partial charge >= 0.3 is 0 Å². The van der Waals surface area contributed by atoms with E-state index in [4.69, 9.17) is 22.6 Å². The van der Waals surface area contributed by atoms with Crippen LogP contribution in [-0.2, 0) is 10.0 Å². The monoisotopic (exact) mass is 341 g/mol. The van der Waals surface area contributed by atoms with Crippen LogP contribution >= 0.6 is 11.6 Å². The molecule has 0 amide bonds. The second-order valence-electron chi connectivity index (χ2n) is 5.86. The van der Waals surface area contributed by atoms with Crippen LogP contribution in [0.1, 0.15) is 44.1 Å². The van der Waals surface area contributed by atoms with Crippen LogP contribution in [0.25, 0.3) is 0 Å². The van der Waals surface area contributed by atoms with Gasteiger partial charge < -0.3 is 5.73 Å². The second kappa shape index (κ2) is 6.97. The molecule has 7 heteroatoms. The molecule has 0 bridgehead atoms. The highest BCUT2D eigenvalue weighted by molar-refractivity contribution is 7.89. The summed E-state index contributed by atoms with van der Waals surface area (Å²) in [7, 11) is -3.74. The van der Waals surface area contributed by atoms with Crippen molar-refractivity contribution < 1.29 is 8.42 Å². The first-order valence-corrected chi connectivity index (χ1v) is 9.21. The van der Waals surface area contributed by atoms with Gasteiger partial charge in [0, 0.05) is 12.1 Å². The van der Waals surface area contributed by atoms with Gasteiger partial charge in [-0.1, -0.05) is 37.3 Å². The molecule has 0 aromatic heterocycles. The molecule has 120 valence electrons. The maximum atomic E-state index is 12.4. The van der Waals surface area contributed by atoms with Gasteiger partial charge in [-0.3, -0.25) is 0 Å². The van der Waals surface area contributed by atoms with Crippen LogP contribution in [0.4, 0.5) is 0 Å². The minimum atomic E-state index is -3.74. The lowest BCUT2D eigenvalue weighted by Crippen LogP contribution is -2.49. The van der Waals surface area contributed by atoms with Crippen LogP contribution in [0.5, 0.6) is 0 Å². The lowest BCUT2D eigenvalue weighted by molar-refractivity contribution is 0.369. The van der Waals surface area contributed by atoms with Crippen molar-refractivity contribution in [3.05, 3.63) is 28.8 Å². The highest BCUT2D eigenvalue weighted by Crippen LogP contribution is 2.26. The topological polar surface area (TPSA) is 96.0 Å². The van der Waals surface area contributed by atoms with E-state index in [9.17, 15) is 8.42 Å². The standard InChI is InChI=1S/C15H20ClN3O2S/c16-13-9-12(10-17)5-6-14(13)22(20,21)19-11-15(18)7-3-1-2-4-8-15/h5-6,9,19H,1-4,7-8,11,18H2. The maximum Gasteiger partial charge on any atom is 0.242 e. The Bertz CT molecular complexity index is 675. The van der Waals surface area contributed by atoms with Crippen molar-refractivity contribution in [2.24, 2.45) is 5.73 Å². The number of sulfonamides is 1. The highest BCUT2D eigenvalue weighted by Gasteiger charge is 2.29. The zero-order valence-electron chi connectivity index (χ0n) is 12.3. The molecule has 0 radical (unpaired) electrons. The quantitative estimate of drug-likeness (QED) is 0.822. The first-order chi connectivity index (χ1) is 10.4. The molecule has 5 nitrogen and oxygen atoms in total. The third kappa shape index (κ3) is 4.20. The third-order valence-corrected chi connectivity index (χ3v) is 5.95. The third-order valence-electron chi connectivity index (χ3n) is 4.06. The number of nitriles is 1. The van der Waals surface area contributed by atoms with E-state index in [2.05, 4.69) is 4.72 Å². The predicted molar refractivity (Wildman–Crippen MR) is 86.0 cm³/mol. The fraction of sp³-hybridized carbons (Fsp3) is 0.533. The summed E-state index contributed by atoms with van der Waals surface area (Å²) >= 11 is 5.97. The molecule has 1 aromatic rings. The first-order valence-electron chi connectivity index (χ1n) is 7.35. The van der Waals surface area contributed by atoms with Crippen LogP contribution in [0.2, 0.25) is 5.02 Å². The van der Waals surface area contributed by atoms with E-state index in [-0.39, 0.29) is 16.5 Å². The summed E-state index contributed by atoms with van der Waals surface area (Å²) < 4.78 is 27.4. The molecule has 0 atom stereocenters. The van der Waals surface area contributed by atoms with Crippen molar-refractivity contribution in [2.45, 2.75) is 49.0 Å². The predicted octanol–water partition coefficient (Wildman–Crippen LogP) is 2.54. The van der Waals surface area contributed by atoms with Crippen molar-refractivity contribution >= 4 is 21.6 Å². The van der Waals surface area contributed by atoms with Gasteiger partial charge in [-0.15, -0.1) is 0 Å². The lowest BCUT2D eigenvalue weighted by Gasteiger charge is -2.28. The number of halogens is 1. The fourth-order valence-corrected chi connectivity index (χ4v) is 4.40. The Hall–Kier alpha value is -1.13. The van der Waals surface area contributed by atoms with Crippen LogP contribution in [-0.4, -0.2) is 20.5 Å². The molecular formula is C15H20ClN3O2S. The van der Waals surface area contributed by atoms with E-state index in [0.717, 1.165) is 38.5 Å². The average Bonchev–Trinajstić information content (AvgIpc) is 2.70. The van der Waals surface area contributed by atoms with Crippen molar-refractivity contribution in [2.75, 3.05) is 6.54 Å². The van der Waals surface area contributed by atoms with Crippen LogP contribution in [0.3, 0.4) is 0 Å². The van der Waals surface area contributed by atoms with E-state index in [1.165, 1.54) is 18.2 Å². The van der Waals surface area contributed by atoms with E-state index in [0.29, 0.717) is 5.56 Å². The van der Waals surface area contributed by atoms with Gasteiger partial charge in [0.25, 0.3) is 0 Å². The van der Waals surface area contributed by atoms with Gasteiger partial charge in [0.2, 0.25) is 10.0 Å². The molecule has 0 saturated heterocycles. The Balaban J connectivity index is 2.12. The van der Waals surface area contributed by atoms with Crippen molar-refractivity contribution in [1.82, 2.24) is 4.72 Å². The number of rotatable bonds is 4. The second-order valence-corrected chi connectivity index (χ2v) is 8.00. The smallest absolute Gasteiger partial charge is 0.242 e. The Morgan fingerprint density at radius 2 is 1.91 bits per heavy atom. The minimum Gasteiger partial charge on any atom is -0.324 e. The first kappa shape index (κ1) is 17.2. The molecule has 1 aromatic carbocycles. The molecule has 2 rings (SSSR count). The number of nitrogens with one attached hydrogen (secondary N) is 1. The molecule has 0 heterocycles. The van der Waals surface area contributed by atoms with Gasteiger partial charge in [0.1, 0.15) is 4.90 Å². The molecule has 0 unspecified atom stereocenters. The van der Waals surface area contributed by atoms with Crippen molar-refractivity contribution in [3.8, 4) is 6.07 Å². The van der Waals surface area contributed by atoms with Crippen molar-refractivity contribution in [1.29, 1.82) is 5.26 Å². The average molecular weight is 342 g/mol. The number of benzene rings is 1. The Morgan fingerprint density at radius 1 is 1.27 bits per heavy atom. The van der Waals surface area contributed by atoms with E-state index < -0.39 is 15.6 Å². The summed E-state index contributed by atoms with van der Waals surface area (Å²) in [4.78, 5) is -0.0228. The highest BCUT2D eigenvalue weighted by atomic mass is 35.5. The van der Waals surface area contributed by atoms with E-state index in [1.54, 1.807) is 0 Å². The maximum absolute atomic E-state index is 12.4. The zero-order valence-corrected chi connectivity index (χ0v) is 13.9. The molecular weight excluding hydrogens is 322 g/mol. The molecule has 3 N–H and O–H groups in total. The van der Waals surface area contributed by atoms with E-state index in [1.807, 2.05) is 6.07 Å². The van der Waals surface area contributed by atoms with Gasteiger partial charge in [-0.2, -0.15) is 5.26 Å². The summed E-state index contributed by atoms with van der Waals surface area (Å²) in [6.45, 7) is 0.200. The minimum absolute atomic E-state index is 0.0228. The van der Waals surface area contributed by atoms with Crippen molar-refractivity contribution in [3.63, 3.8) is 0 Å². The van der Waals surface area contributed by atoms with Gasteiger partial charge in [0.05, 0.1) is 16.7 Å². The van der Waals surface area contributed by atoms with Crippen LogP contribution in [0.15, 0.2) is 23.1 Å². The normalized spacial score (nSPS) is 18.4. The van der Waals surface area contributed by atoms with Crippen LogP contribution in [0, 0.1) is 11.3 Å². The zero-order chi connectivity index (χ0) is 16.2. The van der Waals surface area contributed by atoms with Gasteiger partial charge in [-0.05, 0) is 31.0 Å². The molecule has 1 fully saturated rings. The molecule has 1 saturated carbocycles. The van der Waals surface area contributed by atoms with Crippen LogP contribution < -0.4 is 10.5 Å². The lowest BCUT2D eigenvalue weighted by atomic mass is 9.92. The summed E-state index contributed by atoms with van der Waals surface area (Å²) in [5, 5.41) is 8.84. The Morgan fingerprint density at radius 3 is 2.45 bits per heavy atom. The molecule has 22 heavy (non-hydrogen) atoms. The largest absolute Gasteiger partial charge is 0.324 e. The SMILES string of the molecule is N#Cc1ccc(S(=O)(=O)NCC2(N)CCCCCC2)c(Cl)c1. The van der Waals surface area contributed by atoms with Gasteiger partial charge in [-0.25, -0.2) is 13.1 Å². The summed E-state index contributed by atoms with van der Waals surface area (Å²) in [6.07, 6.45) is 5.97. The molecule has 0 aliphatic heterocycles. The summed E-state index contributed by atoms with van der Waals surface area (Å²) in [5.41, 5.74) is 6.15. The number of nitrogens with two attached hydrogens (primary N) is 1. The summed E-state index contributed by atoms with van der Waals surface area (Å²) in [5.74, 6) is 0. The summed E-state index contributed by atoms with van der Waals surface area (Å²) in [6, 6.07) is 6.05. The van der Waals surface area contributed by atoms with Gasteiger partial charge in [0.15, 0.2) is 0 Å². The molecule has 1 aliphatic rings. The molecule has 0 spiro atoms. The fourth-order valence-electron chi connectivity index (χ4n) is 2.71. The Labute approximate surface area is 136 Å².